The molecule has 0 radical (unpaired) electrons. The van der Waals surface area contributed by atoms with E-state index < -0.39 is 0 Å². The van der Waals surface area contributed by atoms with Gasteiger partial charge in [0.1, 0.15) is 10.7 Å². The van der Waals surface area contributed by atoms with Crippen molar-refractivity contribution in [1.82, 2.24) is 4.98 Å². The van der Waals surface area contributed by atoms with E-state index in [1.54, 1.807) is 6.20 Å². The molecule has 0 aliphatic rings. The van der Waals surface area contributed by atoms with Crippen LogP contribution in [-0.4, -0.2) is 16.5 Å². The van der Waals surface area contributed by atoms with Crippen LogP contribution in [0.2, 0.25) is 0 Å². The van der Waals surface area contributed by atoms with Crippen molar-refractivity contribution in [3.8, 4) is 0 Å². The van der Waals surface area contributed by atoms with Crippen molar-refractivity contribution in [1.29, 1.82) is 0 Å². The predicted octanol–water partition coefficient (Wildman–Crippen LogP) is 2.87. The minimum Gasteiger partial charge on any atom is -0.388 e. The predicted molar refractivity (Wildman–Crippen MR) is 79.2 cm³/mol. The zero-order valence-corrected chi connectivity index (χ0v) is 11.0. The van der Waals surface area contributed by atoms with E-state index in [9.17, 15) is 0 Å². The summed E-state index contributed by atoms with van der Waals surface area (Å²) >= 11 is 5.06. The summed E-state index contributed by atoms with van der Waals surface area (Å²) in [5, 5.41) is 0. The summed E-state index contributed by atoms with van der Waals surface area (Å²) < 4.78 is 0. The maximum Gasteiger partial charge on any atom is 0.124 e. The van der Waals surface area contributed by atoms with Gasteiger partial charge in [-0.3, -0.25) is 4.98 Å². The van der Waals surface area contributed by atoms with Crippen molar-refractivity contribution in [2.45, 2.75) is 6.92 Å². The Hall–Kier alpha value is -1.94. The monoisotopic (exact) mass is 257 g/mol. The number of anilines is 2. The third-order valence-corrected chi connectivity index (χ3v) is 2.89. The topological polar surface area (TPSA) is 42.2 Å². The fourth-order valence-corrected chi connectivity index (χ4v) is 2.06. The van der Waals surface area contributed by atoms with Gasteiger partial charge in [0.05, 0.1) is 5.69 Å². The molecule has 2 N–H and O–H groups in total. The second-order valence-electron chi connectivity index (χ2n) is 3.82. The van der Waals surface area contributed by atoms with Crippen LogP contribution in [0.15, 0.2) is 48.7 Å². The molecule has 1 aromatic carbocycles. The minimum atomic E-state index is 0.319. The van der Waals surface area contributed by atoms with E-state index in [1.165, 1.54) is 0 Å². The normalized spacial score (nSPS) is 10.1. The molecule has 0 bridgehead atoms. The molecule has 3 nitrogen and oxygen atoms in total. The number of benzene rings is 1. The molecule has 0 amide bonds. The lowest BCUT2D eigenvalue weighted by Crippen LogP contribution is -2.22. The van der Waals surface area contributed by atoms with E-state index in [0.717, 1.165) is 17.9 Å². The molecule has 1 heterocycles. The summed E-state index contributed by atoms with van der Waals surface area (Å²) in [6, 6.07) is 14.0. The molecule has 0 aliphatic heterocycles. The van der Waals surface area contributed by atoms with Crippen LogP contribution < -0.4 is 10.6 Å². The molecule has 0 saturated heterocycles. The van der Waals surface area contributed by atoms with Crippen molar-refractivity contribution in [2.24, 2.45) is 5.73 Å². The van der Waals surface area contributed by atoms with Crippen molar-refractivity contribution < 1.29 is 0 Å². The molecule has 1 aromatic heterocycles. The average Bonchev–Trinajstić information content (AvgIpc) is 2.41. The lowest BCUT2D eigenvalue weighted by Gasteiger charge is -2.24. The summed E-state index contributed by atoms with van der Waals surface area (Å²) in [5.41, 5.74) is 8.44. The molecule has 0 spiro atoms. The Kier molecular flexibility index (Phi) is 3.89. The SMILES string of the molecule is CCN(c1ccccc1)c1cccnc1C(N)=S. The third kappa shape index (κ3) is 2.49. The number of thiocarbonyl (C=S) groups is 1. The van der Waals surface area contributed by atoms with Crippen LogP contribution in [0.4, 0.5) is 11.4 Å². The van der Waals surface area contributed by atoms with Gasteiger partial charge < -0.3 is 10.6 Å². The molecule has 0 aliphatic carbocycles. The standard InChI is InChI=1S/C14H15N3S/c1-2-17(11-7-4-3-5-8-11)12-9-6-10-16-13(12)14(15)18/h3-10H,2H2,1H3,(H2,15,18). The molecule has 0 unspecified atom stereocenters. The van der Waals surface area contributed by atoms with Crippen molar-refractivity contribution in [2.75, 3.05) is 11.4 Å². The highest BCUT2D eigenvalue weighted by molar-refractivity contribution is 7.80. The summed E-state index contributed by atoms with van der Waals surface area (Å²) in [6.45, 7) is 2.91. The zero-order valence-electron chi connectivity index (χ0n) is 10.2. The molecular formula is C14H15N3S. The van der Waals surface area contributed by atoms with Crippen LogP contribution in [0.3, 0.4) is 0 Å². The number of hydrogen-bond donors (Lipinski definition) is 1. The number of para-hydroxylation sites is 1. The van der Waals surface area contributed by atoms with Gasteiger partial charge in [0, 0.05) is 18.4 Å². The van der Waals surface area contributed by atoms with Gasteiger partial charge in [-0.15, -0.1) is 0 Å². The number of rotatable bonds is 4. The Balaban J connectivity index is 2.49. The minimum absolute atomic E-state index is 0.319. The number of nitrogens with two attached hydrogens (primary N) is 1. The van der Waals surface area contributed by atoms with Crippen LogP contribution in [0, 0.1) is 0 Å². The van der Waals surface area contributed by atoms with Crippen LogP contribution in [0.5, 0.6) is 0 Å². The molecule has 0 fully saturated rings. The molecule has 2 rings (SSSR count). The zero-order chi connectivity index (χ0) is 13.0. The fourth-order valence-electron chi connectivity index (χ4n) is 1.90. The van der Waals surface area contributed by atoms with E-state index in [4.69, 9.17) is 18.0 Å². The summed E-state index contributed by atoms with van der Waals surface area (Å²) in [4.78, 5) is 6.72. The molecule has 2 aromatic rings. The molecule has 0 saturated carbocycles. The van der Waals surface area contributed by atoms with Gasteiger partial charge in [-0.2, -0.15) is 0 Å². The first-order valence-corrected chi connectivity index (χ1v) is 6.22. The highest BCUT2D eigenvalue weighted by Gasteiger charge is 2.13. The first kappa shape index (κ1) is 12.5. The first-order chi connectivity index (χ1) is 8.74. The number of nitrogens with zero attached hydrogens (tertiary/aromatic N) is 2. The molecule has 0 atom stereocenters. The van der Waals surface area contributed by atoms with Crippen LogP contribution in [0.25, 0.3) is 0 Å². The van der Waals surface area contributed by atoms with E-state index >= 15 is 0 Å². The number of hydrogen-bond acceptors (Lipinski definition) is 3. The highest BCUT2D eigenvalue weighted by Crippen LogP contribution is 2.26. The Labute approximate surface area is 112 Å². The second kappa shape index (κ2) is 5.60. The van der Waals surface area contributed by atoms with Crippen LogP contribution in [0.1, 0.15) is 12.6 Å². The van der Waals surface area contributed by atoms with Crippen molar-refractivity contribution >= 4 is 28.6 Å². The molecule has 92 valence electrons. The maximum atomic E-state index is 5.73. The van der Waals surface area contributed by atoms with E-state index in [2.05, 4.69) is 28.9 Å². The van der Waals surface area contributed by atoms with Crippen LogP contribution >= 0.6 is 12.2 Å². The first-order valence-electron chi connectivity index (χ1n) is 5.81. The number of aromatic nitrogens is 1. The average molecular weight is 257 g/mol. The lowest BCUT2D eigenvalue weighted by molar-refractivity contribution is 1.01. The largest absolute Gasteiger partial charge is 0.388 e. The van der Waals surface area contributed by atoms with E-state index in [1.807, 2.05) is 30.3 Å². The van der Waals surface area contributed by atoms with E-state index in [0.29, 0.717) is 10.7 Å². The third-order valence-electron chi connectivity index (χ3n) is 2.69. The Morgan fingerprint density at radius 3 is 2.56 bits per heavy atom. The molecular weight excluding hydrogens is 242 g/mol. The Bertz CT molecular complexity index is 540. The summed E-state index contributed by atoms with van der Waals surface area (Å²) in [7, 11) is 0. The Morgan fingerprint density at radius 1 is 1.22 bits per heavy atom. The molecule has 18 heavy (non-hydrogen) atoms. The van der Waals surface area contributed by atoms with Crippen molar-refractivity contribution in [3.63, 3.8) is 0 Å². The van der Waals surface area contributed by atoms with E-state index in [-0.39, 0.29) is 0 Å². The van der Waals surface area contributed by atoms with Crippen molar-refractivity contribution in [3.05, 3.63) is 54.4 Å². The lowest BCUT2D eigenvalue weighted by atomic mass is 10.2. The smallest absolute Gasteiger partial charge is 0.124 e. The van der Waals surface area contributed by atoms with Gasteiger partial charge in [-0.05, 0) is 31.2 Å². The van der Waals surface area contributed by atoms with Crippen LogP contribution in [-0.2, 0) is 0 Å². The summed E-state index contributed by atoms with van der Waals surface area (Å²) in [5.74, 6) is 0. The number of pyridine rings is 1. The quantitative estimate of drug-likeness (QED) is 0.855. The molecule has 4 heteroatoms. The van der Waals surface area contributed by atoms with Gasteiger partial charge in [0.15, 0.2) is 0 Å². The second-order valence-corrected chi connectivity index (χ2v) is 4.26. The van der Waals surface area contributed by atoms with Gasteiger partial charge in [-0.25, -0.2) is 0 Å². The van der Waals surface area contributed by atoms with Gasteiger partial charge >= 0.3 is 0 Å². The Morgan fingerprint density at radius 2 is 1.94 bits per heavy atom. The van der Waals surface area contributed by atoms with Gasteiger partial charge in [0.25, 0.3) is 0 Å². The fraction of sp³-hybridized carbons (Fsp3) is 0.143. The highest BCUT2D eigenvalue weighted by atomic mass is 32.1. The maximum absolute atomic E-state index is 5.73. The van der Waals surface area contributed by atoms with Gasteiger partial charge in [-0.1, -0.05) is 30.4 Å². The van der Waals surface area contributed by atoms with Gasteiger partial charge in [0.2, 0.25) is 0 Å². The summed E-state index contributed by atoms with van der Waals surface area (Å²) in [6.07, 6.45) is 1.71.